The zero-order valence-electron chi connectivity index (χ0n) is 9.36. The normalized spacial score (nSPS) is 23.2. The Morgan fingerprint density at radius 3 is 2.59 bits per heavy atom. The summed E-state index contributed by atoms with van der Waals surface area (Å²) in [6, 6.07) is 5.59. The second-order valence-corrected chi connectivity index (χ2v) is 5.06. The molecule has 0 saturated heterocycles. The van der Waals surface area contributed by atoms with E-state index in [1.807, 2.05) is 6.07 Å². The molecule has 0 aliphatic heterocycles. The van der Waals surface area contributed by atoms with Gasteiger partial charge in [-0.1, -0.05) is 29.6 Å². The largest absolute Gasteiger partial charge is 0.493 e. The van der Waals surface area contributed by atoms with Gasteiger partial charge < -0.3 is 10.5 Å². The van der Waals surface area contributed by atoms with Crippen molar-refractivity contribution >= 4 is 35.6 Å². The predicted octanol–water partition coefficient (Wildman–Crippen LogP) is 3.92. The van der Waals surface area contributed by atoms with Crippen LogP contribution in [0.1, 0.15) is 19.3 Å². The maximum absolute atomic E-state index is 5.97. The first-order valence-electron chi connectivity index (χ1n) is 5.50. The van der Waals surface area contributed by atoms with E-state index in [0.29, 0.717) is 22.6 Å². The van der Waals surface area contributed by atoms with Crippen molar-refractivity contribution in [2.24, 2.45) is 11.7 Å². The third-order valence-corrected chi connectivity index (χ3v) is 3.81. The van der Waals surface area contributed by atoms with Gasteiger partial charge in [0, 0.05) is 18.0 Å². The molecule has 1 aliphatic carbocycles. The van der Waals surface area contributed by atoms with Gasteiger partial charge in [0.2, 0.25) is 0 Å². The van der Waals surface area contributed by atoms with Gasteiger partial charge in [-0.05, 0) is 25.0 Å². The molecule has 2 nitrogen and oxygen atoms in total. The smallest absolute Gasteiger partial charge is 0.120 e. The van der Waals surface area contributed by atoms with Crippen molar-refractivity contribution in [1.29, 1.82) is 0 Å². The molecule has 17 heavy (non-hydrogen) atoms. The number of benzene rings is 1. The Kier molecular flexibility index (Phi) is 5.87. The summed E-state index contributed by atoms with van der Waals surface area (Å²) in [6.07, 6.45) is 3.47. The molecule has 0 radical (unpaired) electrons. The summed E-state index contributed by atoms with van der Waals surface area (Å²) in [7, 11) is 0. The SMILES string of the molecule is Cl.N[C@H]1CCC[C@H]1COc1ccc(Cl)c(Cl)c1. The van der Waals surface area contributed by atoms with Crippen LogP contribution >= 0.6 is 35.6 Å². The Labute approximate surface area is 118 Å². The van der Waals surface area contributed by atoms with Crippen LogP contribution in [0.15, 0.2) is 18.2 Å². The molecular formula is C12H16Cl3NO. The average molecular weight is 297 g/mol. The molecule has 0 heterocycles. The summed E-state index contributed by atoms with van der Waals surface area (Å²) in [6.45, 7) is 0.666. The van der Waals surface area contributed by atoms with E-state index in [1.54, 1.807) is 12.1 Å². The quantitative estimate of drug-likeness (QED) is 0.917. The Morgan fingerprint density at radius 2 is 2.00 bits per heavy atom. The van der Waals surface area contributed by atoms with Gasteiger partial charge in [0.25, 0.3) is 0 Å². The van der Waals surface area contributed by atoms with Gasteiger partial charge >= 0.3 is 0 Å². The lowest BCUT2D eigenvalue weighted by atomic mass is 10.1. The van der Waals surface area contributed by atoms with Crippen LogP contribution in [-0.4, -0.2) is 12.6 Å². The predicted molar refractivity (Wildman–Crippen MR) is 74.5 cm³/mol. The highest BCUT2D eigenvalue weighted by molar-refractivity contribution is 6.42. The molecule has 0 bridgehead atoms. The Hall–Kier alpha value is -0.150. The van der Waals surface area contributed by atoms with Gasteiger partial charge in [0.1, 0.15) is 5.75 Å². The zero-order chi connectivity index (χ0) is 11.5. The van der Waals surface area contributed by atoms with Crippen molar-refractivity contribution in [1.82, 2.24) is 0 Å². The van der Waals surface area contributed by atoms with Gasteiger partial charge in [-0.2, -0.15) is 0 Å². The third kappa shape index (κ3) is 3.92. The minimum Gasteiger partial charge on any atom is -0.493 e. The summed E-state index contributed by atoms with van der Waals surface area (Å²) >= 11 is 11.7. The number of hydrogen-bond donors (Lipinski definition) is 1. The summed E-state index contributed by atoms with van der Waals surface area (Å²) in [4.78, 5) is 0. The molecule has 96 valence electrons. The van der Waals surface area contributed by atoms with Crippen molar-refractivity contribution in [2.45, 2.75) is 25.3 Å². The van der Waals surface area contributed by atoms with E-state index in [0.717, 1.165) is 18.6 Å². The first kappa shape index (κ1) is 14.9. The summed E-state index contributed by atoms with van der Waals surface area (Å²) in [5, 5.41) is 1.07. The lowest BCUT2D eigenvalue weighted by Gasteiger charge is -2.16. The second kappa shape index (κ2) is 6.69. The second-order valence-electron chi connectivity index (χ2n) is 4.24. The molecular weight excluding hydrogens is 280 g/mol. The highest BCUT2D eigenvalue weighted by Crippen LogP contribution is 2.28. The van der Waals surface area contributed by atoms with Crippen molar-refractivity contribution in [3.05, 3.63) is 28.2 Å². The Bertz CT molecular complexity index is 373. The topological polar surface area (TPSA) is 35.2 Å². The van der Waals surface area contributed by atoms with Crippen LogP contribution in [0.5, 0.6) is 5.75 Å². The Balaban J connectivity index is 0.00000144. The monoisotopic (exact) mass is 295 g/mol. The van der Waals surface area contributed by atoms with Gasteiger partial charge in [-0.15, -0.1) is 12.4 Å². The summed E-state index contributed by atoms with van der Waals surface area (Å²) in [5.41, 5.74) is 5.97. The molecule has 0 spiro atoms. The van der Waals surface area contributed by atoms with Crippen LogP contribution < -0.4 is 10.5 Å². The number of rotatable bonds is 3. The van der Waals surface area contributed by atoms with Crippen molar-refractivity contribution in [2.75, 3.05) is 6.61 Å². The fourth-order valence-electron chi connectivity index (χ4n) is 2.04. The van der Waals surface area contributed by atoms with E-state index in [-0.39, 0.29) is 18.4 Å². The van der Waals surface area contributed by atoms with Crippen molar-refractivity contribution in [3.63, 3.8) is 0 Å². The first-order valence-corrected chi connectivity index (χ1v) is 6.26. The van der Waals surface area contributed by atoms with Crippen LogP contribution in [0.2, 0.25) is 10.0 Å². The molecule has 0 aromatic heterocycles. The van der Waals surface area contributed by atoms with Crippen LogP contribution in [-0.2, 0) is 0 Å². The molecule has 1 aliphatic rings. The lowest BCUT2D eigenvalue weighted by Crippen LogP contribution is -2.28. The van der Waals surface area contributed by atoms with Crippen molar-refractivity contribution in [3.8, 4) is 5.75 Å². The van der Waals surface area contributed by atoms with E-state index >= 15 is 0 Å². The minimum absolute atomic E-state index is 0. The van der Waals surface area contributed by atoms with E-state index in [1.165, 1.54) is 6.42 Å². The zero-order valence-corrected chi connectivity index (χ0v) is 11.7. The fourth-order valence-corrected chi connectivity index (χ4v) is 2.33. The Morgan fingerprint density at radius 1 is 1.24 bits per heavy atom. The molecule has 1 saturated carbocycles. The van der Waals surface area contributed by atoms with Crippen LogP contribution in [0, 0.1) is 5.92 Å². The third-order valence-electron chi connectivity index (χ3n) is 3.07. The van der Waals surface area contributed by atoms with E-state index < -0.39 is 0 Å². The molecule has 1 fully saturated rings. The van der Waals surface area contributed by atoms with Gasteiger partial charge in [0.15, 0.2) is 0 Å². The molecule has 2 rings (SSSR count). The number of hydrogen-bond acceptors (Lipinski definition) is 2. The van der Waals surface area contributed by atoms with Gasteiger partial charge in [-0.25, -0.2) is 0 Å². The summed E-state index contributed by atoms with van der Waals surface area (Å²) < 4.78 is 5.67. The average Bonchev–Trinajstić information content (AvgIpc) is 2.66. The van der Waals surface area contributed by atoms with Crippen LogP contribution in [0.25, 0.3) is 0 Å². The number of halogens is 3. The summed E-state index contributed by atoms with van der Waals surface area (Å²) in [5.74, 6) is 1.22. The fraction of sp³-hybridized carbons (Fsp3) is 0.500. The van der Waals surface area contributed by atoms with Crippen molar-refractivity contribution < 1.29 is 4.74 Å². The number of nitrogens with two attached hydrogens (primary N) is 1. The van der Waals surface area contributed by atoms with Crippen LogP contribution in [0.4, 0.5) is 0 Å². The van der Waals surface area contributed by atoms with Crippen LogP contribution in [0.3, 0.4) is 0 Å². The lowest BCUT2D eigenvalue weighted by molar-refractivity contribution is 0.239. The van der Waals surface area contributed by atoms with E-state index in [2.05, 4.69) is 0 Å². The molecule has 0 unspecified atom stereocenters. The standard InChI is InChI=1S/C12H15Cl2NO.ClH/c13-10-5-4-9(6-11(10)14)16-7-8-2-1-3-12(8)15;/h4-6,8,12H,1-3,7,15H2;1H/t8-,12-;/m0./s1. The molecule has 1 aromatic carbocycles. The van der Waals surface area contributed by atoms with Gasteiger partial charge in [0.05, 0.1) is 16.7 Å². The molecule has 2 atom stereocenters. The van der Waals surface area contributed by atoms with E-state index in [4.69, 9.17) is 33.7 Å². The van der Waals surface area contributed by atoms with Gasteiger partial charge in [-0.3, -0.25) is 0 Å². The molecule has 5 heteroatoms. The molecule has 2 N–H and O–H groups in total. The highest BCUT2D eigenvalue weighted by Gasteiger charge is 2.24. The highest BCUT2D eigenvalue weighted by atomic mass is 35.5. The minimum atomic E-state index is 0. The van der Waals surface area contributed by atoms with E-state index in [9.17, 15) is 0 Å². The molecule has 0 amide bonds. The maximum atomic E-state index is 5.97. The first-order chi connectivity index (χ1) is 7.66. The number of ether oxygens (including phenoxy) is 1. The maximum Gasteiger partial charge on any atom is 0.120 e. The molecule has 1 aromatic rings.